The van der Waals surface area contributed by atoms with E-state index in [1.165, 1.54) is 18.4 Å². The highest BCUT2D eigenvalue weighted by atomic mass is 32.2. The standard InChI is InChI=1S/C9H16OS/c1-8(2)7-11-9-4-3-5-10-6-9/h9H,1,3-7H2,2H3. The smallest absolute Gasteiger partial charge is 0.0585 e. The highest BCUT2D eigenvalue weighted by Crippen LogP contribution is 2.21. The molecule has 64 valence electrons. The first-order valence-corrected chi connectivity index (χ1v) is 5.17. The van der Waals surface area contributed by atoms with E-state index in [0.717, 1.165) is 24.2 Å². The van der Waals surface area contributed by atoms with Crippen LogP contribution in [0.15, 0.2) is 12.2 Å². The second-order valence-electron chi connectivity index (χ2n) is 3.11. The minimum atomic E-state index is 0.723. The number of thioether (sulfide) groups is 1. The molecule has 0 aromatic heterocycles. The zero-order chi connectivity index (χ0) is 8.10. The van der Waals surface area contributed by atoms with Crippen molar-refractivity contribution in [3.05, 3.63) is 12.2 Å². The number of ether oxygens (including phenoxy) is 1. The topological polar surface area (TPSA) is 9.23 Å². The molecule has 0 N–H and O–H groups in total. The van der Waals surface area contributed by atoms with Crippen molar-refractivity contribution in [2.24, 2.45) is 0 Å². The molecule has 0 amide bonds. The lowest BCUT2D eigenvalue weighted by Crippen LogP contribution is -2.19. The molecule has 0 radical (unpaired) electrons. The lowest BCUT2D eigenvalue weighted by atomic mass is 10.2. The van der Waals surface area contributed by atoms with E-state index in [4.69, 9.17) is 4.74 Å². The van der Waals surface area contributed by atoms with Crippen molar-refractivity contribution in [3.63, 3.8) is 0 Å². The summed E-state index contributed by atoms with van der Waals surface area (Å²) in [6, 6.07) is 0. The fourth-order valence-electron chi connectivity index (χ4n) is 1.10. The van der Waals surface area contributed by atoms with Gasteiger partial charge in [0.05, 0.1) is 6.61 Å². The molecule has 1 aliphatic heterocycles. The van der Waals surface area contributed by atoms with E-state index >= 15 is 0 Å². The Morgan fingerprint density at radius 2 is 2.55 bits per heavy atom. The molecule has 2 heteroatoms. The van der Waals surface area contributed by atoms with Crippen molar-refractivity contribution in [2.45, 2.75) is 25.0 Å². The predicted molar refractivity (Wildman–Crippen MR) is 51.1 cm³/mol. The van der Waals surface area contributed by atoms with Gasteiger partial charge in [0, 0.05) is 17.6 Å². The molecule has 1 unspecified atom stereocenters. The van der Waals surface area contributed by atoms with Crippen molar-refractivity contribution >= 4 is 11.8 Å². The second kappa shape index (κ2) is 4.83. The molecule has 1 saturated heterocycles. The van der Waals surface area contributed by atoms with Crippen LogP contribution in [0.3, 0.4) is 0 Å². The largest absolute Gasteiger partial charge is 0.380 e. The Morgan fingerprint density at radius 3 is 3.09 bits per heavy atom. The molecular formula is C9H16OS. The van der Waals surface area contributed by atoms with Gasteiger partial charge in [-0.3, -0.25) is 0 Å². The monoisotopic (exact) mass is 172 g/mol. The van der Waals surface area contributed by atoms with Crippen molar-refractivity contribution in [1.82, 2.24) is 0 Å². The predicted octanol–water partition coefficient (Wildman–Crippen LogP) is 2.47. The fourth-order valence-corrected chi connectivity index (χ4v) is 2.15. The lowest BCUT2D eigenvalue weighted by Gasteiger charge is -2.21. The highest BCUT2D eigenvalue weighted by molar-refractivity contribution is 8.00. The molecule has 1 fully saturated rings. The van der Waals surface area contributed by atoms with Crippen LogP contribution in [0.4, 0.5) is 0 Å². The third kappa shape index (κ3) is 3.82. The summed E-state index contributed by atoms with van der Waals surface area (Å²) in [4.78, 5) is 0. The minimum Gasteiger partial charge on any atom is -0.380 e. The Labute approximate surface area is 73.2 Å². The van der Waals surface area contributed by atoms with E-state index in [9.17, 15) is 0 Å². The third-order valence-electron chi connectivity index (χ3n) is 1.68. The summed E-state index contributed by atoms with van der Waals surface area (Å²) in [5.41, 5.74) is 1.26. The van der Waals surface area contributed by atoms with E-state index < -0.39 is 0 Å². The fraction of sp³-hybridized carbons (Fsp3) is 0.778. The van der Waals surface area contributed by atoms with Crippen LogP contribution in [0, 0.1) is 0 Å². The quantitative estimate of drug-likeness (QED) is 0.605. The van der Waals surface area contributed by atoms with Gasteiger partial charge in [0.15, 0.2) is 0 Å². The van der Waals surface area contributed by atoms with Crippen LogP contribution < -0.4 is 0 Å². The Balaban J connectivity index is 2.09. The van der Waals surface area contributed by atoms with Gasteiger partial charge in [0.1, 0.15) is 0 Å². The van der Waals surface area contributed by atoms with Crippen LogP contribution in [-0.4, -0.2) is 24.2 Å². The SMILES string of the molecule is C=C(C)CSC1CCCOC1. The van der Waals surface area contributed by atoms with E-state index in [2.05, 4.69) is 13.5 Å². The molecule has 1 heterocycles. The normalized spacial score (nSPS) is 25.0. The first kappa shape index (κ1) is 9.14. The van der Waals surface area contributed by atoms with Crippen molar-refractivity contribution < 1.29 is 4.74 Å². The van der Waals surface area contributed by atoms with Gasteiger partial charge in [-0.2, -0.15) is 11.8 Å². The molecule has 1 aliphatic rings. The number of hydrogen-bond acceptors (Lipinski definition) is 2. The molecule has 0 aromatic carbocycles. The second-order valence-corrected chi connectivity index (χ2v) is 4.40. The Kier molecular flexibility index (Phi) is 4.02. The van der Waals surface area contributed by atoms with Gasteiger partial charge in [-0.25, -0.2) is 0 Å². The summed E-state index contributed by atoms with van der Waals surface area (Å²) in [6.07, 6.45) is 2.55. The molecule has 1 rings (SSSR count). The molecule has 11 heavy (non-hydrogen) atoms. The lowest BCUT2D eigenvalue weighted by molar-refractivity contribution is 0.101. The minimum absolute atomic E-state index is 0.723. The maximum absolute atomic E-state index is 5.36. The molecule has 1 nitrogen and oxygen atoms in total. The average molecular weight is 172 g/mol. The Hall–Kier alpha value is 0.0500. The first-order valence-electron chi connectivity index (χ1n) is 4.13. The summed E-state index contributed by atoms with van der Waals surface area (Å²) in [7, 11) is 0. The summed E-state index contributed by atoms with van der Waals surface area (Å²) in [6.45, 7) is 7.86. The van der Waals surface area contributed by atoms with Crippen molar-refractivity contribution in [2.75, 3.05) is 19.0 Å². The molecule has 0 aromatic rings. The van der Waals surface area contributed by atoms with Gasteiger partial charge in [-0.1, -0.05) is 12.2 Å². The van der Waals surface area contributed by atoms with Crippen LogP contribution in [0.1, 0.15) is 19.8 Å². The van der Waals surface area contributed by atoms with E-state index in [1.807, 2.05) is 11.8 Å². The third-order valence-corrected chi connectivity index (χ3v) is 3.19. The summed E-state index contributed by atoms with van der Waals surface area (Å²) in [5, 5.41) is 0.723. The van der Waals surface area contributed by atoms with E-state index in [1.54, 1.807) is 0 Å². The van der Waals surface area contributed by atoms with Crippen LogP contribution in [-0.2, 0) is 4.74 Å². The summed E-state index contributed by atoms with van der Waals surface area (Å²) in [5.74, 6) is 1.09. The van der Waals surface area contributed by atoms with E-state index in [0.29, 0.717) is 0 Å². The van der Waals surface area contributed by atoms with Gasteiger partial charge in [0.2, 0.25) is 0 Å². The first-order chi connectivity index (χ1) is 5.29. The van der Waals surface area contributed by atoms with Crippen molar-refractivity contribution in [1.29, 1.82) is 0 Å². The zero-order valence-corrected chi connectivity index (χ0v) is 7.95. The Bertz CT molecular complexity index is 128. The van der Waals surface area contributed by atoms with Crippen LogP contribution in [0.25, 0.3) is 0 Å². The number of rotatable bonds is 3. The van der Waals surface area contributed by atoms with Gasteiger partial charge in [-0.05, 0) is 19.8 Å². The van der Waals surface area contributed by atoms with Crippen LogP contribution in [0.2, 0.25) is 0 Å². The van der Waals surface area contributed by atoms with Crippen LogP contribution >= 0.6 is 11.8 Å². The molecule has 0 bridgehead atoms. The Morgan fingerprint density at radius 1 is 1.73 bits per heavy atom. The molecule has 0 aliphatic carbocycles. The average Bonchev–Trinajstić information content (AvgIpc) is 2.03. The molecular weight excluding hydrogens is 156 g/mol. The maximum Gasteiger partial charge on any atom is 0.0585 e. The molecule has 0 spiro atoms. The van der Waals surface area contributed by atoms with Gasteiger partial charge in [-0.15, -0.1) is 0 Å². The maximum atomic E-state index is 5.36. The summed E-state index contributed by atoms with van der Waals surface area (Å²) >= 11 is 1.98. The molecule has 0 saturated carbocycles. The van der Waals surface area contributed by atoms with E-state index in [-0.39, 0.29) is 0 Å². The van der Waals surface area contributed by atoms with Gasteiger partial charge in [0.25, 0.3) is 0 Å². The highest BCUT2D eigenvalue weighted by Gasteiger charge is 2.13. The van der Waals surface area contributed by atoms with Gasteiger partial charge < -0.3 is 4.74 Å². The number of hydrogen-bond donors (Lipinski definition) is 0. The molecule has 1 atom stereocenters. The van der Waals surface area contributed by atoms with Crippen molar-refractivity contribution in [3.8, 4) is 0 Å². The zero-order valence-electron chi connectivity index (χ0n) is 7.14. The summed E-state index contributed by atoms with van der Waals surface area (Å²) < 4.78 is 5.36. The van der Waals surface area contributed by atoms with Gasteiger partial charge >= 0.3 is 0 Å². The van der Waals surface area contributed by atoms with Crippen LogP contribution in [0.5, 0.6) is 0 Å².